The van der Waals surface area contributed by atoms with E-state index in [1.807, 2.05) is 24.0 Å². The summed E-state index contributed by atoms with van der Waals surface area (Å²) in [6.07, 6.45) is 3.10. The van der Waals surface area contributed by atoms with Crippen LogP contribution in [0.2, 0.25) is 0 Å². The van der Waals surface area contributed by atoms with Crippen molar-refractivity contribution in [2.75, 3.05) is 39.8 Å². The summed E-state index contributed by atoms with van der Waals surface area (Å²) in [6, 6.07) is 4.89. The van der Waals surface area contributed by atoms with E-state index in [0.29, 0.717) is 24.9 Å². The predicted octanol–water partition coefficient (Wildman–Crippen LogP) is 2.65. The molecule has 2 aliphatic rings. The molecular weight excluding hydrogens is 346 g/mol. The molecule has 1 aromatic heterocycles. The highest BCUT2D eigenvalue weighted by Crippen LogP contribution is 2.22. The molecule has 0 bridgehead atoms. The minimum absolute atomic E-state index is 0.0921. The summed E-state index contributed by atoms with van der Waals surface area (Å²) in [5, 5.41) is 0. The second-order valence-electron chi connectivity index (χ2n) is 7.79. The van der Waals surface area contributed by atoms with Gasteiger partial charge in [0.05, 0.1) is 4.88 Å². The number of carbonyl (C=O) groups is 2. The first-order valence-corrected chi connectivity index (χ1v) is 10.6. The lowest BCUT2D eigenvalue weighted by molar-refractivity contribution is -0.134. The zero-order valence-corrected chi connectivity index (χ0v) is 17.1. The Morgan fingerprint density at radius 1 is 1.12 bits per heavy atom. The van der Waals surface area contributed by atoms with Gasteiger partial charge in [0.25, 0.3) is 0 Å². The third-order valence-corrected chi connectivity index (χ3v) is 6.81. The van der Waals surface area contributed by atoms with Crippen LogP contribution < -0.4 is 0 Å². The predicted molar refractivity (Wildman–Crippen MR) is 106 cm³/mol. The van der Waals surface area contributed by atoms with Gasteiger partial charge in [-0.15, -0.1) is 11.3 Å². The molecule has 1 amide bonds. The van der Waals surface area contributed by atoms with Crippen LogP contribution in [0.5, 0.6) is 0 Å². The largest absolute Gasteiger partial charge is 0.340 e. The van der Waals surface area contributed by atoms with Crippen molar-refractivity contribution >= 4 is 23.0 Å². The van der Waals surface area contributed by atoms with Gasteiger partial charge in [0, 0.05) is 49.4 Å². The van der Waals surface area contributed by atoms with Gasteiger partial charge < -0.3 is 9.80 Å². The number of nitrogens with zero attached hydrogens (tertiary/aromatic N) is 3. The van der Waals surface area contributed by atoms with Crippen molar-refractivity contribution < 1.29 is 9.59 Å². The summed E-state index contributed by atoms with van der Waals surface area (Å²) in [4.78, 5) is 33.6. The Morgan fingerprint density at radius 2 is 1.85 bits per heavy atom. The molecule has 5 nitrogen and oxygen atoms in total. The van der Waals surface area contributed by atoms with Crippen LogP contribution in [0.1, 0.15) is 47.2 Å². The first-order valence-electron chi connectivity index (χ1n) is 9.75. The number of ketones is 1. The zero-order chi connectivity index (χ0) is 18.7. The maximum atomic E-state index is 12.6. The standard InChI is InChI=1S/C20H31N3O2S/c1-15-14-22(12-13-23(15)17-8-10-21(3)11-9-17)20(25)7-5-18(24)19-6-4-16(2)26-19/h4,6,15,17H,5,7-14H2,1-3H3. The number of Topliss-reactive ketones (excluding diaryl/α,β-unsaturated/α-hetero) is 1. The van der Waals surface area contributed by atoms with Crippen LogP contribution in [0.25, 0.3) is 0 Å². The molecule has 2 aliphatic heterocycles. The summed E-state index contributed by atoms with van der Waals surface area (Å²) in [7, 11) is 2.19. The highest BCUT2D eigenvalue weighted by atomic mass is 32.1. The SMILES string of the molecule is Cc1ccc(C(=O)CCC(=O)N2CCN(C3CCN(C)CC3)C(C)C2)s1. The van der Waals surface area contributed by atoms with Crippen LogP contribution >= 0.6 is 11.3 Å². The van der Waals surface area contributed by atoms with Crippen molar-refractivity contribution in [1.29, 1.82) is 0 Å². The number of thiophene rings is 1. The highest BCUT2D eigenvalue weighted by molar-refractivity contribution is 7.14. The zero-order valence-electron chi connectivity index (χ0n) is 16.2. The molecule has 3 heterocycles. The molecule has 0 saturated carbocycles. The molecule has 1 aromatic rings. The van der Waals surface area contributed by atoms with E-state index in [4.69, 9.17) is 0 Å². The molecule has 3 rings (SSSR count). The summed E-state index contributed by atoms with van der Waals surface area (Å²) in [5.41, 5.74) is 0. The Morgan fingerprint density at radius 3 is 2.46 bits per heavy atom. The number of hydrogen-bond acceptors (Lipinski definition) is 5. The van der Waals surface area contributed by atoms with E-state index >= 15 is 0 Å². The summed E-state index contributed by atoms with van der Waals surface area (Å²) in [5.74, 6) is 0.218. The normalized spacial score (nSPS) is 23.3. The lowest BCUT2D eigenvalue weighted by Gasteiger charge is -2.46. The number of amides is 1. The maximum absolute atomic E-state index is 12.6. The number of piperidine rings is 1. The van der Waals surface area contributed by atoms with E-state index in [1.165, 1.54) is 37.3 Å². The molecule has 0 spiro atoms. The molecule has 2 saturated heterocycles. The van der Waals surface area contributed by atoms with Crippen molar-refractivity contribution in [3.63, 3.8) is 0 Å². The molecular formula is C20H31N3O2S. The number of aryl methyl sites for hydroxylation is 1. The average Bonchev–Trinajstić information content (AvgIpc) is 3.07. The highest BCUT2D eigenvalue weighted by Gasteiger charge is 2.32. The molecule has 0 radical (unpaired) electrons. The van der Waals surface area contributed by atoms with E-state index in [1.54, 1.807) is 0 Å². The van der Waals surface area contributed by atoms with Crippen molar-refractivity contribution in [3.8, 4) is 0 Å². The third-order valence-electron chi connectivity index (χ3n) is 5.77. The van der Waals surface area contributed by atoms with Crippen LogP contribution in [0.3, 0.4) is 0 Å². The Hall–Kier alpha value is -1.24. The Kier molecular flexibility index (Phi) is 6.48. The average molecular weight is 378 g/mol. The number of piperazine rings is 1. The topological polar surface area (TPSA) is 43.9 Å². The minimum atomic E-state index is 0.0921. The Bertz CT molecular complexity index is 637. The molecule has 0 aromatic carbocycles. The van der Waals surface area contributed by atoms with Gasteiger partial charge in [-0.1, -0.05) is 0 Å². The number of rotatable bonds is 5. The van der Waals surface area contributed by atoms with E-state index in [2.05, 4.69) is 23.8 Å². The first kappa shape index (κ1) is 19.5. The van der Waals surface area contributed by atoms with Gasteiger partial charge in [-0.2, -0.15) is 0 Å². The Labute approximate surface area is 161 Å². The Balaban J connectivity index is 1.45. The van der Waals surface area contributed by atoms with E-state index in [-0.39, 0.29) is 11.7 Å². The van der Waals surface area contributed by atoms with Gasteiger partial charge in [0.15, 0.2) is 5.78 Å². The van der Waals surface area contributed by atoms with Gasteiger partial charge in [0.2, 0.25) is 5.91 Å². The van der Waals surface area contributed by atoms with Gasteiger partial charge in [0.1, 0.15) is 0 Å². The second kappa shape index (κ2) is 8.63. The van der Waals surface area contributed by atoms with Crippen LogP contribution in [-0.2, 0) is 4.79 Å². The number of hydrogen-bond donors (Lipinski definition) is 0. The van der Waals surface area contributed by atoms with Gasteiger partial charge >= 0.3 is 0 Å². The van der Waals surface area contributed by atoms with E-state index in [0.717, 1.165) is 29.4 Å². The molecule has 2 fully saturated rings. The van der Waals surface area contributed by atoms with Crippen molar-refractivity contribution in [1.82, 2.24) is 14.7 Å². The molecule has 6 heteroatoms. The van der Waals surface area contributed by atoms with Crippen LogP contribution in [0.15, 0.2) is 12.1 Å². The first-order chi connectivity index (χ1) is 12.4. The van der Waals surface area contributed by atoms with Gasteiger partial charge in [-0.25, -0.2) is 0 Å². The maximum Gasteiger partial charge on any atom is 0.223 e. The summed E-state index contributed by atoms with van der Waals surface area (Å²) < 4.78 is 0. The molecule has 26 heavy (non-hydrogen) atoms. The molecule has 1 unspecified atom stereocenters. The lowest BCUT2D eigenvalue weighted by atomic mass is 10.00. The van der Waals surface area contributed by atoms with E-state index < -0.39 is 0 Å². The second-order valence-corrected chi connectivity index (χ2v) is 9.08. The monoisotopic (exact) mass is 377 g/mol. The fourth-order valence-corrected chi connectivity index (χ4v) is 4.99. The smallest absolute Gasteiger partial charge is 0.223 e. The fraction of sp³-hybridized carbons (Fsp3) is 0.700. The fourth-order valence-electron chi connectivity index (χ4n) is 4.15. The summed E-state index contributed by atoms with van der Waals surface area (Å²) in [6.45, 7) is 9.11. The number of carbonyl (C=O) groups excluding carboxylic acids is 2. The van der Waals surface area contributed by atoms with Crippen molar-refractivity contribution in [2.45, 2.75) is 51.6 Å². The van der Waals surface area contributed by atoms with Crippen LogP contribution in [0.4, 0.5) is 0 Å². The molecule has 0 aliphatic carbocycles. The quantitative estimate of drug-likeness (QED) is 0.740. The third kappa shape index (κ3) is 4.72. The lowest BCUT2D eigenvalue weighted by Crippen LogP contribution is -2.58. The van der Waals surface area contributed by atoms with Crippen LogP contribution in [0, 0.1) is 6.92 Å². The minimum Gasteiger partial charge on any atom is -0.340 e. The van der Waals surface area contributed by atoms with Crippen LogP contribution in [-0.4, -0.2) is 78.2 Å². The van der Waals surface area contributed by atoms with Crippen molar-refractivity contribution in [3.05, 3.63) is 21.9 Å². The van der Waals surface area contributed by atoms with Gasteiger partial charge in [-0.05, 0) is 59.0 Å². The summed E-state index contributed by atoms with van der Waals surface area (Å²) >= 11 is 1.52. The number of likely N-dealkylation sites (tertiary alicyclic amines) is 1. The van der Waals surface area contributed by atoms with E-state index in [9.17, 15) is 9.59 Å². The molecule has 144 valence electrons. The molecule has 1 atom stereocenters. The van der Waals surface area contributed by atoms with Gasteiger partial charge in [-0.3, -0.25) is 14.5 Å². The molecule has 0 N–H and O–H groups in total. The van der Waals surface area contributed by atoms with Crippen molar-refractivity contribution in [2.24, 2.45) is 0 Å².